The van der Waals surface area contributed by atoms with Crippen LogP contribution < -0.4 is 0 Å². The van der Waals surface area contributed by atoms with Crippen molar-refractivity contribution in [3.8, 4) is 0 Å². The van der Waals surface area contributed by atoms with Gasteiger partial charge in [0.15, 0.2) is 0 Å². The molecule has 0 saturated carbocycles. The summed E-state index contributed by atoms with van der Waals surface area (Å²) >= 11 is 0. The minimum Gasteiger partial charge on any atom is -0.377 e. The molecule has 0 bridgehead atoms. The number of rotatable bonds is 6. The molecule has 0 saturated heterocycles. The van der Waals surface area contributed by atoms with Gasteiger partial charge in [0.25, 0.3) is 0 Å². The first-order valence-corrected chi connectivity index (χ1v) is 7.64. The Morgan fingerprint density at radius 2 is 2.32 bits per heavy atom. The highest BCUT2D eigenvalue weighted by molar-refractivity contribution is 5.06. The average molecular weight is 301 g/mol. The Balaban J connectivity index is 1.70. The fourth-order valence-corrected chi connectivity index (χ4v) is 2.98. The zero-order chi connectivity index (χ0) is 15.4. The van der Waals surface area contributed by atoms with Gasteiger partial charge in [0.1, 0.15) is 0 Å². The summed E-state index contributed by atoms with van der Waals surface area (Å²) < 4.78 is 9.62. The Labute approximate surface area is 131 Å². The number of aromatic nitrogens is 4. The molecule has 1 aliphatic rings. The molecule has 3 rings (SSSR count). The van der Waals surface area contributed by atoms with Crippen molar-refractivity contribution in [3.05, 3.63) is 48.6 Å². The monoisotopic (exact) mass is 301 g/mol. The lowest BCUT2D eigenvalue weighted by atomic mass is 10.1. The van der Waals surface area contributed by atoms with Gasteiger partial charge in [-0.1, -0.05) is 6.08 Å². The van der Waals surface area contributed by atoms with Crippen LogP contribution in [0.1, 0.15) is 11.3 Å². The molecule has 118 valence electrons. The topological polar surface area (TPSA) is 48.1 Å². The maximum absolute atomic E-state index is 5.67. The third-order valence-corrected chi connectivity index (χ3v) is 3.89. The van der Waals surface area contributed by atoms with Crippen molar-refractivity contribution in [2.75, 3.05) is 19.8 Å². The molecule has 3 heterocycles. The van der Waals surface area contributed by atoms with E-state index in [1.165, 1.54) is 11.3 Å². The van der Waals surface area contributed by atoms with E-state index < -0.39 is 0 Å². The molecule has 0 spiro atoms. The van der Waals surface area contributed by atoms with Gasteiger partial charge in [-0.15, -0.1) is 6.58 Å². The molecule has 0 amide bonds. The molecule has 0 aromatic carbocycles. The van der Waals surface area contributed by atoms with Gasteiger partial charge in [-0.25, -0.2) is 0 Å². The Kier molecular flexibility index (Phi) is 4.70. The third kappa shape index (κ3) is 3.64. The number of hydrogen-bond donors (Lipinski definition) is 0. The van der Waals surface area contributed by atoms with Gasteiger partial charge >= 0.3 is 0 Å². The van der Waals surface area contributed by atoms with E-state index in [-0.39, 0.29) is 0 Å². The summed E-state index contributed by atoms with van der Waals surface area (Å²) in [5, 5.41) is 8.69. The molecule has 0 unspecified atom stereocenters. The zero-order valence-electron chi connectivity index (χ0n) is 13.1. The molecule has 6 nitrogen and oxygen atoms in total. The first-order chi connectivity index (χ1) is 10.7. The SMILES string of the molecule is C=CCOC[C@@H]1CN(Cc2cnn(C)c2)Cc2ccnn2C1. The lowest BCUT2D eigenvalue weighted by molar-refractivity contribution is 0.0932. The highest BCUT2D eigenvalue weighted by Gasteiger charge is 2.22. The highest BCUT2D eigenvalue weighted by Crippen LogP contribution is 2.18. The van der Waals surface area contributed by atoms with Gasteiger partial charge in [-0.05, 0) is 6.07 Å². The second-order valence-electron chi connectivity index (χ2n) is 5.89. The van der Waals surface area contributed by atoms with Crippen LogP contribution in [-0.2, 0) is 31.4 Å². The summed E-state index contributed by atoms with van der Waals surface area (Å²) in [5.74, 6) is 0.428. The fourth-order valence-electron chi connectivity index (χ4n) is 2.98. The summed E-state index contributed by atoms with van der Waals surface area (Å²) in [4.78, 5) is 2.44. The molecule has 22 heavy (non-hydrogen) atoms. The van der Waals surface area contributed by atoms with Crippen LogP contribution >= 0.6 is 0 Å². The first kappa shape index (κ1) is 15.0. The Morgan fingerprint density at radius 1 is 1.41 bits per heavy atom. The van der Waals surface area contributed by atoms with Crippen LogP contribution in [0.2, 0.25) is 0 Å². The number of ether oxygens (including phenoxy) is 1. The van der Waals surface area contributed by atoms with Crippen molar-refractivity contribution in [3.63, 3.8) is 0 Å². The van der Waals surface area contributed by atoms with E-state index in [4.69, 9.17) is 4.74 Å². The van der Waals surface area contributed by atoms with E-state index in [2.05, 4.69) is 38.6 Å². The number of hydrogen-bond acceptors (Lipinski definition) is 4. The van der Waals surface area contributed by atoms with Crippen molar-refractivity contribution in [2.45, 2.75) is 19.6 Å². The molecule has 2 aromatic rings. The molecule has 0 N–H and O–H groups in total. The predicted molar refractivity (Wildman–Crippen MR) is 84.1 cm³/mol. The largest absolute Gasteiger partial charge is 0.377 e. The van der Waals surface area contributed by atoms with E-state index >= 15 is 0 Å². The van der Waals surface area contributed by atoms with Gasteiger partial charge in [0.05, 0.1) is 25.1 Å². The Morgan fingerprint density at radius 3 is 3.09 bits per heavy atom. The van der Waals surface area contributed by atoms with Gasteiger partial charge in [0, 0.05) is 57.1 Å². The van der Waals surface area contributed by atoms with E-state index in [1.54, 1.807) is 6.08 Å². The molecule has 6 heteroatoms. The van der Waals surface area contributed by atoms with Crippen molar-refractivity contribution < 1.29 is 4.74 Å². The van der Waals surface area contributed by atoms with Gasteiger partial charge in [-0.2, -0.15) is 10.2 Å². The zero-order valence-corrected chi connectivity index (χ0v) is 13.1. The number of fused-ring (bicyclic) bond motifs is 1. The average Bonchev–Trinajstić information content (AvgIpc) is 3.05. The minimum atomic E-state index is 0.428. The van der Waals surface area contributed by atoms with Gasteiger partial charge < -0.3 is 4.74 Å². The summed E-state index contributed by atoms with van der Waals surface area (Å²) in [5.41, 5.74) is 2.50. The lowest BCUT2D eigenvalue weighted by Crippen LogP contribution is -2.30. The molecule has 0 radical (unpaired) electrons. The van der Waals surface area contributed by atoms with E-state index in [0.717, 1.165) is 32.8 Å². The lowest BCUT2D eigenvalue weighted by Gasteiger charge is -2.23. The second kappa shape index (κ2) is 6.89. The van der Waals surface area contributed by atoms with Crippen LogP contribution in [-0.4, -0.2) is 44.2 Å². The number of aryl methyl sites for hydroxylation is 1. The van der Waals surface area contributed by atoms with Crippen LogP contribution in [0.25, 0.3) is 0 Å². The van der Waals surface area contributed by atoms with Crippen molar-refractivity contribution >= 4 is 0 Å². The molecule has 1 atom stereocenters. The van der Waals surface area contributed by atoms with E-state index in [9.17, 15) is 0 Å². The minimum absolute atomic E-state index is 0.428. The molecular formula is C16H23N5O. The molecule has 2 aromatic heterocycles. The Hall–Kier alpha value is -1.92. The standard InChI is InChI=1S/C16H23N5O/c1-3-6-22-13-15-10-20(9-14-7-18-19(2)8-14)12-16-4-5-17-21(16)11-15/h3-5,7-8,15H,1,6,9-13H2,2H3/t15-/m1/s1. The van der Waals surface area contributed by atoms with Crippen LogP contribution in [0.4, 0.5) is 0 Å². The second-order valence-corrected chi connectivity index (χ2v) is 5.89. The molecule has 1 aliphatic heterocycles. The van der Waals surface area contributed by atoms with Crippen molar-refractivity contribution in [1.29, 1.82) is 0 Å². The number of nitrogens with zero attached hydrogens (tertiary/aromatic N) is 5. The molecule has 0 aliphatic carbocycles. The summed E-state index contributed by atoms with van der Waals surface area (Å²) in [6.07, 6.45) is 7.69. The first-order valence-electron chi connectivity index (χ1n) is 7.64. The van der Waals surface area contributed by atoms with Gasteiger partial charge in [0.2, 0.25) is 0 Å². The van der Waals surface area contributed by atoms with E-state index in [1.807, 2.05) is 24.1 Å². The van der Waals surface area contributed by atoms with E-state index in [0.29, 0.717) is 12.5 Å². The van der Waals surface area contributed by atoms with Crippen LogP contribution in [0, 0.1) is 5.92 Å². The van der Waals surface area contributed by atoms with Crippen molar-refractivity contribution in [2.24, 2.45) is 13.0 Å². The fraction of sp³-hybridized carbons (Fsp3) is 0.500. The third-order valence-electron chi connectivity index (χ3n) is 3.89. The summed E-state index contributed by atoms with van der Waals surface area (Å²) in [7, 11) is 1.95. The Bertz CT molecular complexity index is 618. The summed E-state index contributed by atoms with van der Waals surface area (Å²) in [6, 6.07) is 2.10. The van der Waals surface area contributed by atoms with Gasteiger partial charge in [-0.3, -0.25) is 14.3 Å². The molecule has 0 fully saturated rings. The normalized spacial score (nSPS) is 18.9. The predicted octanol–water partition coefficient (Wildman–Crippen LogP) is 1.45. The quantitative estimate of drug-likeness (QED) is 0.598. The smallest absolute Gasteiger partial charge is 0.0645 e. The molecular weight excluding hydrogens is 278 g/mol. The maximum atomic E-state index is 5.67. The maximum Gasteiger partial charge on any atom is 0.0645 e. The highest BCUT2D eigenvalue weighted by atomic mass is 16.5. The van der Waals surface area contributed by atoms with Crippen LogP contribution in [0.3, 0.4) is 0 Å². The summed E-state index contributed by atoms with van der Waals surface area (Å²) in [6.45, 7) is 8.74. The van der Waals surface area contributed by atoms with Crippen LogP contribution in [0.15, 0.2) is 37.3 Å². The van der Waals surface area contributed by atoms with Crippen LogP contribution in [0.5, 0.6) is 0 Å². The van der Waals surface area contributed by atoms with Crippen molar-refractivity contribution in [1.82, 2.24) is 24.5 Å².